The first-order chi connectivity index (χ1) is 8.51. The Morgan fingerprint density at radius 1 is 1.33 bits per heavy atom. The Labute approximate surface area is 119 Å². The number of halogens is 2. The molecule has 0 aliphatic rings. The molecule has 1 aromatic rings. The molecule has 0 fully saturated rings. The molecule has 0 aliphatic carbocycles. The molecule has 1 nitrogen and oxygen atoms in total. The molecule has 0 bridgehead atoms. The van der Waals surface area contributed by atoms with E-state index in [9.17, 15) is 0 Å². The third kappa shape index (κ3) is 3.47. The lowest BCUT2D eigenvalue weighted by molar-refractivity contribution is 0.825. The zero-order valence-electron chi connectivity index (χ0n) is 10.5. The van der Waals surface area contributed by atoms with Crippen LogP contribution in [0.2, 0.25) is 10.0 Å². The van der Waals surface area contributed by atoms with Gasteiger partial charge in [-0.2, -0.15) is 0 Å². The number of nitrogens with zero attached hydrogens (tertiary/aromatic N) is 1. The van der Waals surface area contributed by atoms with Crippen molar-refractivity contribution in [1.82, 2.24) is 0 Å². The summed E-state index contributed by atoms with van der Waals surface area (Å²) in [6.45, 7) is 13.8. The maximum absolute atomic E-state index is 6.19. The fourth-order valence-electron chi connectivity index (χ4n) is 1.78. The fraction of sp³-hybridized carbons (Fsp3) is 0.267. The van der Waals surface area contributed by atoms with E-state index in [0.717, 1.165) is 29.6 Å². The fourth-order valence-corrected chi connectivity index (χ4v) is 2.29. The van der Waals surface area contributed by atoms with E-state index in [1.165, 1.54) is 0 Å². The van der Waals surface area contributed by atoms with E-state index in [1.807, 2.05) is 6.07 Å². The molecule has 0 unspecified atom stereocenters. The zero-order chi connectivity index (χ0) is 13.7. The predicted molar refractivity (Wildman–Crippen MR) is 81.9 cm³/mol. The van der Waals surface area contributed by atoms with E-state index >= 15 is 0 Å². The van der Waals surface area contributed by atoms with Gasteiger partial charge in [0, 0.05) is 10.0 Å². The second kappa shape index (κ2) is 6.77. The number of benzene rings is 1. The average molecular weight is 282 g/mol. The third-order valence-electron chi connectivity index (χ3n) is 2.78. The predicted octanol–water partition coefficient (Wildman–Crippen LogP) is 5.65. The summed E-state index contributed by atoms with van der Waals surface area (Å²) in [5, 5.41) is 1.18. The molecule has 96 valence electrons. The second-order valence-corrected chi connectivity index (χ2v) is 4.97. The van der Waals surface area contributed by atoms with Crippen molar-refractivity contribution in [1.29, 1.82) is 0 Å². The molecular weight excluding hydrogens is 265 g/mol. The minimum Gasteiger partial charge on any atom is -0.288 e. The van der Waals surface area contributed by atoms with E-state index in [4.69, 9.17) is 23.2 Å². The van der Waals surface area contributed by atoms with Gasteiger partial charge in [-0.1, -0.05) is 61.3 Å². The van der Waals surface area contributed by atoms with Gasteiger partial charge in [-0.25, -0.2) is 0 Å². The SMILES string of the molecule is C=N[C@H](C(=C)C(=C)CCC)c1ccc(Cl)cc1Cl. The Hall–Kier alpha value is -1.05. The number of hydrogen-bond donors (Lipinski definition) is 0. The minimum atomic E-state index is -0.256. The van der Waals surface area contributed by atoms with Gasteiger partial charge in [-0.05, 0) is 36.4 Å². The number of aliphatic imine (C=N–C) groups is 1. The minimum absolute atomic E-state index is 0.256. The Bertz CT molecular complexity index is 477. The van der Waals surface area contributed by atoms with Crippen LogP contribution in [-0.4, -0.2) is 6.72 Å². The molecule has 0 aliphatic heterocycles. The van der Waals surface area contributed by atoms with Crippen molar-refractivity contribution in [3.05, 3.63) is 58.1 Å². The molecule has 1 aromatic carbocycles. The number of hydrogen-bond acceptors (Lipinski definition) is 1. The zero-order valence-corrected chi connectivity index (χ0v) is 12.1. The van der Waals surface area contributed by atoms with Crippen LogP contribution < -0.4 is 0 Å². The van der Waals surface area contributed by atoms with Crippen LogP contribution in [0.1, 0.15) is 31.4 Å². The van der Waals surface area contributed by atoms with Gasteiger partial charge in [-0.3, -0.25) is 4.99 Å². The molecule has 0 aromatic heterocycles. The van der Waals surface area contributed by atoms with Crippen LogP contribution in [0.4, 0.5) is 0 Å². The van der Waals surface area contributed by atoms with Crippen LogP contribution in [0.3, 0.4) is 0 Å². The van der Waals surface area contributed by atoms with Crippen molar-refractivity contribution >= 4 is 29.9 Å². The lowest BCUT2D eigenvalue weighted by atomic mass is 9.93. The molecule has 0 spiro atoms. The standard InChI is InChI=1S/C15H17Cl2N/c1-5-6-10(2)11(3)15(18-4)13-8-7-12(16)9-14(13)17/h7-9,15H,2-6H2,1H3/t15-/m1/s1. The van der Waals surface area contributed by atoms with Crippen LogP contribution in [0, 0.1) is 0 Å². The van der Waals surface area contributed by atoms with Crippen molar-refractivity contribution in [2.75, 3.05) is 0 Å². The highest BCUT2D eigenvalue weighted by molar-refractivity contribution is 6.35. The molecular formula is C15H17Cl2N. The van der Waals surface area contributed by atoms with Crippen molar-refractivity contribution in [2.45, 2.75) is 25.8 Å². The van der Waals surface area contributed by atoms with Gasteiger partial charge < -0.3 is 0 Å². The van der Waals surface area contributed by atoms with Gasteiger partial charge in [-0.15, -0.1) is 0 Å². The van der Waals surface area contributed by atoms with Gasteiger partial charge in [0.05, 0.1) is 0 Å². The maximum Gasteiger partial charge on any atom is 0.100 e. The van der Waals surface area contributed by atoms with Crippen molar-refractivity contribution in [2.24, 2.45) is 4.99 Å². The van der Waals surface area contributed by atoms with Crippen molar-refractivity contribution in [3.63, 3.8) is 0 Å². The molecule has 0 N–H and O–H groups in total. The third-order valence-corrected chi connectivity index (χ3v) is 3.34. The first-order valence-electron chi connectivity index (χ1n) is 5.79. The lowest BCUT2D eigenvalue weighted by Crippen LogP contribution is -2.02. The largest absolute Gasteiger partial charge is 0.288 e. The van der Waals surface area contributed by atoms with Crippen LogP contribution >= 0.6 is 23.2 Å². The monoisotopic (exact) mass is 281 g/mol. The van der Waals surface area contributed by atoms with Crippen LogP contribution in [0.5, 0.6) is 0 Å². The summed E-state index contributed by atoms with van der Waals surface area (Å²) in [5.74, 6) is 0. The molecule has 1 rings (SSSR count). The summed E-state index contributed by atoms with van der Waals surface area (Å²) in [5.41, 5.74) is 2.70. The topological polar surface area (TPSA) is 12.4 Å². The Morgan fingerprint density at radius 2 is 2.00 bits per heavy atom. The summed E-state index contributed by atoms with van der Waals surface area (Å²) in [6.07, 6.45) is 1.92. The molecule has 0 radical (unpaired) electrons. The van der Waals surface area contributed by atoms with E-state index in [0.29, 0.717) is 10.0 Å². The van der Waals surface area contributed by atoms with Crippen LogP contribution in [-0.2, 0) is 0 Å². The molecule has 0 saturated heterocycles. The smallest absolute Gasteiger partial charge is 0.100 e. The molecule has 0 saturated carbocycles. The van der Waals surface area contributed by atoms with E-state index in [2.05, 4.69) is 31.8 Å². The van der Waals surface area contributed by atoms with Gasteiger partial charge in [0.1, 0.15) is 6.04 Å². The first kappa shape index (κ1) is 15.0. The van der Waals surface area contributed by atoms with E-state index in [-0.39, 0.29) is 6.04 Å². The van der Waals surface area contributed by atoms with Gasteiger partial charge in [0.2, 0.25) is 0 Å². The molecule has 18 heavy (non-hydrogen) atoms. The maximum atomic E-state index is 6.19. The summed E-state index contributed by atoms with van der Waals surface area (Å²) in [7, 11) is 0. The Kier molecular flexibility index (Phi) is 5.64. The summed E-state index contributed by atoms with van der Waals surface area (Å²) < 4.78 is 0. The highest BCUT2D eigenvalue weighted by Crippen LogP contribution is 2.35. The average Bonchev–Trinajstić information content (AvgIpc) is 2.32. The lowest BCUT2D eigenvalue weighted by Gasteiger charge is -2.18. The second-order valence-electron chi connectivity index (χ2n) is 4.13. The molecule has 0 amide bonds. The van der Waals surface area contributed by atoms with Crippen LogP contribution in [0.15, 0.2) is 47.5 Å². The summed E-state index contributed by atoms with van der Waals surface area (Å²) in [4.78, 5) is 4.11. The van der Waals surface area contributed by atoms with Gasteiger partial charge in [0.25, 0.3) is 0 Å². The quantitative estimate of drug-likeness (QED) is 0.472. The number of rotatable bonds is 6. The molecule has 3 heteroatoms. The van der Waals surface area contributed by atoms with Crippen molar-refractivity contribution < 1.29 is 0 Å². The normalized spacial score (nSPS) is 11.9. The van der Waals surface area contributed by atoms with Crippen molar-refractivity contribution in [3.8, 4) is 0 Å². The van der Waals surface area contributed by atoms with E-state index in [1.54, 1.807) is 12.1 Å². The highest BCUT2D eigenvalue weighted by Gasteiger charge is 2.18. The molecule has 0 heterocycles. The Morgan fingerprint density at radius 3 is 2.50 bits per heavy atom. The van der Waals surface area contributed by atoms with Crippen LogP contribution in [0.25, 0.3) is 0 Å². The molecule has 1 atom stereocenters. The van der Waals surface area contributed by atoms with Gasteiger partial charge in [0.15, 0.2) is 0 Å². The van der Waals surface area contributed by atoms with E-state index < -0.39 is 0 Å². The Balaban J connectivity index is 3.06. The first-order valence-corrected chi connectivity index (χ1v) is 6.54. The highest BCUT2D eigenvalue weighted by atomic mass is 35.5. The summed E-state index contributed by atoms with van der Waals surface area (Å²) in [6, 6.07) is 5.09. The summed E-state index contributed by atoms with van der Waals surface area (Å²) >= 11 is 12.1. The van der Waals surface area contributed by atoms with Gasteiger partial charge >= 0.3 is 0 Å².